The minimum Gasteiger partial charge on any atom is -0.395 e. The van der Waals surface area contributed by atoms with Crippen molar-refractivity contribution in [2.75, 3.05) is 25.5 Å². The van der Waals surface area contributed by atoms with E-state index in [0.29, 0.717) is 6.04 Å². The van der Waals surface area contributed by atoms with E-state index < -0.39 is 0 Å². The molecule has 1 aliphatic rings. The van der Waals surface area contributed by atoms with E-state index in [0.717, 1.165) is 18.9 Å². The molecule has 1 aliphatic carbocycles. The molecule has 1 saturated carbocycles. The van der Waals surface area contributed by atoms with Crippen LogP contribution in [-0.4, -0.2) is 41.2 Å². The zero-order valence-electron chi connectivity index (χ0n) is 11.8. The van der Waals surface area contributed by atoms with E-state index in [-0.39, 0.29) is 6.61 Å². The summed E-state index contributed by atoms with van der Waals surface area (Å²) in [5.74, 6) is 0.907. The Labute approximate surface area is 115 Å². The van der Waals surface area contributed by atoms with Crippen LogP contribution in [0.3, 0.4) is 0 Å². The summed E-state index contributed by atoms with van der Waals surface area (Å²) < 4.78 is 0. The number of nitrogens with one attached hydrogen (secondary N) is 1. The van der Waals surface area contributed by atoms with Gasteiger partial charge in [0.1, 0.15) is 5.82 Å². The van der Waals surface area contributed by atoms with E-state index in [2.05, 4.69) is 27.3 Å². The normalized spacial score (nSPS) is 16.8. The van der Waals surface area contributed by atoms with Gasteiger partial charge in [0.05, 0.1) is 6.61 Å². The summed E-state index contributed by atoms with van der Waals surface area (Å²) in [7, 11) is 1.89. The van der Waals surface area contributed by atoms with Crippen LogP contribution in [0.2, 0.25) is 0 Å². The Bertz CT molecular complexity index is 377. The molecule has 0 aromatic carbocycles. The van der Waals surface area contributed by atoms with Gasteiger partial charge in [0.25, 0.3) is 0 Å². The lowest BCUT2D eigenvalue weighted by molar-refractivity contribution is 0.117. The van der Waals surface area contributed by atoms with Crippen molar-refractivity contribution in [3.63, 3.8) is 0 Å². The first-order valence-electron chi connectivity index (χ1n) is 7.31. The van der Waals surface area contributed by atoms with Gasteiger partial charge >= 0.3 is 0 Å². The number of aliphatic hydroxyl groups excluding tert-OH is 1. The van der Waals surface area contributed by atoms with Crippen LogP contribution < -0.4 is 5.32 Å². The van der Waals surface area contributed by atoms with E-state index in [1.54, 1.807) is 0 Å². The second-order valence-electron chi connectivity index (χ2n) is 5.29. The van der Waals surface area contributed by atoms with Gasteiger partial charge < -0.3 is 10.4 Å². The Morgan fingerprint density at radius 3 is 2.84 bits per heavy atom. The Morgan fingerprint density at radius 2 is 2.16 bits per heavy atom. The summed E-state index contributed by atoms with van der Waals surface area (Å²) in [6, 6.07) is 4.79. The highest BCUT2D eigenvalue weighted by atomic mass is 16.3. The van der Waals surface area contributed by atoms with Crippen LogP contribution in [0.1, 0.15) is 37.7 Å². The van der Waals surface area contributed by atoms with Crippen molar-refractivity contribution in [2.24, 2.45) is 0 Å². The van der Waals surface area contributed by atoms with Gasteiger partial charge in [0.15, 0.2) is 0 Å². The molecule has 4 nitrogen and oxygen atoms in total. The molecule has 1 aromatic heterocycles. The molecule has 2 N–H and O–H groups in total. The number of anilines is 1. The van der Waals surface area contributed by atoms with Gasteiger partial charge in [-0.2, -0.15) is 0 Å². The van der Waals surface area contributed by atoms with Crippen molar-refractivity contribution in [1.82, 2.24) is 9.88 Å². The highest BCUT2D eigenvalue weighted by Gasteiger charge is 2.20. The van der Waals surface area contributed by atoms with Crippen LogP contribution in [0, 0.1) is 0 Å². The average Bonchev–Trinajstić information content (AvgIpc) is 2.48. The molecule has 1 fully saturated rings. The fraction of sp³-hybridized carbons (Fsp3) is 0.667. The van der Waals surface area contributed by atoms with Crippen molar-refractivity contribution in [1.29, 1.82) is 0 Å². The van der Waals surface area contributed by atoms with Crippen LogP contribution in [0.15, 0.2) is 18.3 Å². The first-order valence-corrected chi connectivity index (χ1v) is 7.31. The van der Waals surface area contributed by atoms with Crippen molar-refractivity contribution in [2.45, 2.75) is 44.7 Å². The lowest BCUT2D eigenvalue weighted by atomic mass is 9.94. The molecular weight excluding hydrogens is 238 g/mol. The molecule has 0 radical (unpaired) electrons. The van der Waals surface area contributed by atoms with Gasteiger partial charge in [0, 0.05) is 32.4 Å². The molecule has 0 atom stereocenters. The molecule has 0 spiro atoms. The van der Waals surface area contributed by atoms with Crippen LogP contribution in [0.4, 0.5) is 5.82 Å². The van der Waals surface area contributed by atoms with Gasteiger partial charge in [-0.25, -0.2) is 4.98 Å². The number of pyridine rings is 1. The van der Waals surface area contributed by atoms with E-state index in [4.69, 9.17) is 0 Å². The van der Waals surface area contributed by atoms with Crippen molar-refractivity contribution < 1.29 is 5.11 Å². The van der Waals surface area contributed by atoms with Crippen molar-refractivity contribution >= 4 is 5.82 Å². The standard InChI is InChI=1S/C15H25N3O/c1-16-15-11-13(7-8-17-15)12-18(9-10-19)14-5-3-2-4-6-14/h7-8,11,14,19H,2-6,9-10,12H2,1H3,(H,16,17). The zero-order valence-corrected chi connectivity index (χ0v) is 11.8. The van der Waals surface area contributed by atoms with E-state index >= 15 is 0 Å². The molecular formula is C15H25N3O. The largest absolute Gasteiger partial charge is 0.395 e. The molecule has 4 heteroatoms. The second kappa shape index (κ2) is 7.46. The molecule has 2 rings (SSSR count). The van der Waals surface area contributed by atoms with E-state index in [1.165, 1.54) is 37.7 Å². The first kappa shape index (κ1) is 14.3. The first-order chi connectivity index (χ1) is 9.33. The summed E-state index contributed by atoms with van der Waals surface area (Å²) in [6.07, 6.45) is 8.39. The third kappa shape index (κ3) is 4.18. The van der Waals surface area contributed by atoms with Gasteiger partial charge in [-0.3, -0.25) is 4.90 Å². The minimum atomic E-state index is 0.237. The maximum absolute atomic E-state index is 9.28. The zero-order chi connectivity index (χ0) is 13.5. The summed E-state index contributed by atoms with van der Waals surface area (Å²) >= 11 is 0. The van der Waals surface area contributed by atoms with Gasteiger partial charge in [0.2, 0.25) is 0 Å². The number of hydrogen-bond acceptors (Lipinski definition) is 4. The summed E-state index contributed by atoms with van der Waals surface area (Å²) in [6.45, 7) is 1.91. The SMILES string of the molecule is CNc1cc(CN(CCO)C2CCCCC2)ccn1. The Balaban J connectivity index is 2.01. The number of rotatable bonds is 6. The Kier molecular flexibility index (Phi) is 5.61. The lowest BCUT2D eigenvalue weighted by Crippen LogP contribution is -2.38. The molecule has 0 bridgehead atoms. The molecule has 0 unspecified atom stereocenters. The highest BCUT2D eigenvalue weighted by molar-refractivity contribution is 5.36. The third-order valence-electron chi connectivity index (χ3n) is 3.94. The monoisotopic (exact) mass is 263 g/mol. The maximum Gasteiger partial charge on any atom is 0.125 e. The number of aliphatic hydroxyl groups is 1. The van der Waals surface area contributed by atoms with Crippen LogP contribution in [-0.2, 0) is 6.54 Å². The lowest BCUT2D eigenvalue weighted by Gasteiger charge is -2.34. The third-order valence-corrected chi connectivity index (χ3v) is 3.94. The summed E-state index contributed by atoms with van der Waals surface area (Å²) in [5.41, 5.74) is 1.26. The van der Waals surface area contributed by atoms with Crippen molar-refractivity contribution in [3.05, 3.63) is 23.9 Å². The van der Waals surface area contributed by atoms with E-state index in [1.807, 2.05) is 13.2 Å². The van der Waals surface area contributed by atoms with Gasteiger partial charge in [-0.1, -0.05) is 19.3 Å². The topological polar surface area (TPSA) is 48.4 Å². The number of aromatic nitrogens is 1. The smallest absolute Gasteiger partial charge is 0.125 e. The fourth-order valence-electron chi connectivity index (χ4n) is 2.91. The molecule has 0 amide bonds. The van der Waals surface area contributed by atoms with Crippen molar-refractivity contribution in [3.8, 4) is 0 Å². The van der Waals surface area contributed by atoms with Crippen LogP contribution >= 0.6 is 0 Å². The molecule has 0 saturated heterocycles. The summed E-state index contributed by atoms with van der Waals surface area (Å²) in [4.78, 5) is 6.67. The number of nitrogens with zero attached hydrogens (tertiary/aromatic N) is 2. The highest BCUT2D eigenvalue weighted by Crippen LogP contribution is 2.24. The molecule has 0 aliphatic heterocycles. The second-order valence-corrected chi connectivity index (χ2v) is 5.29. The van der Waals surface area contributed by atoms with Gasteiger partial charge in [-0.15, -0.1) is 0 Å². The van der Waals surface area contributed by atoms with Crippen LogP contribution in [0.5, 0.6) is 0 Å². The average molecular weight is 263 g/mol. The Morgan fingerprint density at radius 1 is 1.37 bits per heavy atom. The molecule has 1 heterocycles. The molecule has 1 aromatic rings. The quantitative estimate of drug-likeness (QED) is 0.826. The maximum atomic E-state index is 9.28. The summed E-state index contributed by atoms with van der Waals surface area (Å²) in [5, 5.41) is 12.4. The number of hydrogen-bond donors (Lipinski definition) is 2. The van der Waals surface area contributed by atoms with E-state index in [9.17, 15) is 5.11 Å². The Hall–Kier alpha value is -1.13. The predicted octanol–water partition coefficient (Wildman–Crippen LogP) is 2.25. The minimum absolute atomic E-state index is 0.237. The molecule has 19 heavy (non-hydrogen) atoms. The van der Waals surface area contributed by atoms with Crippen LogP contribution in [0.25, 0.3) is 0 Å². The predicted molar refractivity (Wildman–Crippen MR) is 78.2 cm³/mol. The van der Waals surface area contributed by atoms with Gasteiger partial charge in [-0.05, 0) is 30.5 Å². The fourth-order valence-corrected chi connectivity index (χ4v) is 2.91. The molecule has 106 valence electrons.